The molecule has 1 aliphatic rings. The topological polar surface area (TPSA) is 52.6 Å². The molecule has 0 saturated carbocycles. The smallest absolute Gasteiger partial charge is 0.356 e. The molecule has 4 nitrogen and oxygen atoms in total. The second-order valence-corrected chi connectivity index (χ2v) is 4.15. The van der Waals surface area contributed by atoms with Crippen LogP contribution in [-0.2, 0) is 24.7 Å². The zero-order valence-electron chi connectivity index (χ0n) is 10.1. The Morgan fingerprint density at radius 1 is 1.33 bits per heavy atom. The molecule has 0 N–H and O–H groups in total. The van der Waals surface area contributed by atoms with E-state index in [4.69, 9.17) is 9.47 Å². The standard InChI is InChI=1S/C14H14O4/c1-3-9-14(11-7-5-4-6-8-11)13(16)17-10(2)12(15)18-14/h3-8,10H,1,9H2,2H3/t10?,14-/m0/s1. The monoisotopic (exact) mass is 246 g/mol. The second-order valence-electron chi connectivity index (χ2n) is 4.15. The number of carbonyl (C=O) groups excluding carboxylic acids is 2. The van der Waals surface area contributed by atoms with E-state index in [-0.39, 0.29) is 6.42 Å². The second kappa shape index (κ2) is 4.64. The number of hydrogen-bond acceptors (Lipinski definition) is 4. The highest BCUT2D eigenvalue weighted by Gasteiger charge is 2.50. The number of benzene rings is 1. The van der Waals surface area contributed by atoms with Crippen molar-refractivity contribution in [3.05, 3.63) is 48.6 Å². The van der Waals surface area contributed by atoms with E-state index in [1.165, 1.54) is 13.0 Å². The predicted molar refractivity (Wildman–Crippen MR) is 64.6 cm³/mol. The summed E-state index contributed by atoms with van der Waals surface area (Å²) in [5, 5.41) is 0. The maximum Gasteiger partial charge on any atom is 0.356 e. The zero-order chi connectivity index (χ0) is 13.2. The van der Waals surface area contributed by atoms with Crippen molar-refractivity contribution in [3.63, 3.8) is 0 Å². The lowest BCUT2D eigenvalue weighted by molar-refractivity contribution is -0.211. The molecule has 0 bridgehead atoms. The van der Waals surface area contributed by atoms with Gasteiger partial charge in [-0.1, -0.05) is 36.4 Å². The summed E-state index contributed by atoms with van der Waals surface area (Å²) in [7, 11) is 0. The van der Waals surface area contributed by atoms with E-state index in [0.29, 0.717) is 5.56 Å². The number of cyclic esters (lactones) is 2. The highest BCUT2D eigenvalue weighted by atomic mass is 16.7. The largest absolute Gasteiger partial charge is 0.447 e. The molecule has 18 heavy (non-hydrogen) atoms. The Kier molecular flexibility index (Phi) is 3.19. The van der Waals surface area contributed by atoms with E-state index >= 15 is 0 Å². The van der Waals surface area contributed by atoms with Crippen LogP contribution in [0.2, 0.25) is 0 Å². The third-order valence-corrected chi connectivity index (χ3v) is 2.89. The van der Waals surface area contributed by atoms with Crippen molar-refractivity contribution < 1.29 is 19.1 Å². The molecule has 1 fully saturated rings. The van der Waals surface area contributed by atoms with Gasteiger partial charge in [-0.05, 0) is 6.92 Å². The summed E-state index contributed by atoms with van der Waals surface area (Å²) in [4.78, 5) is 23.8. The van der Waals surface area contributed by atoms with Gasteiger partial charge in [-0.3, -0.25) is 0 Å². The van der Waals surface area contributed by atoms with E-state index in [1.54, 1.807) is 24.3 Å². The Morgan fingerprint density at radius 3 is 2.61 bits per heavy atom. The van der Waals surface area contributed by atoms with Gasteiger partial charge in [0.25, 0.3) is 0 Å². The minimum Gasteiger partial charge on any atom is -0.447 e. The number of carbonyl (C=O) groups is 2. The molecule has 0 aromatic heterocycles. The van der Waals surface area contributed by atoms with Gasteiger partial charge < -0.3 is 9.47 Å². The van der Waals surface area contributed by atoms with Gasteiger partial charge in [-0.15, -0.1) is 6.58 Å². The summed E-state index contributed by atoms with van der Waals surface area (Å²) in [6.45, 7) is 5.09. The van der Waals surface area contributed by atoms with E-state index in [9.17, 15) is 9.59 Å². The highest BCUT2D eigenvalue weighted by molar-refractivity contribution is 5.91. The molecule has 2 rings (SSSR count). The number of rotatable bonds is 3. The van der Waals surface area contributed by atoms with Gasteiger partial charge in [0.05, 0.1) is 0 Å². The number of ether oxygens (including phenoxy) is 2. The fourth-order valence-corrected chi connectivity index (χ4v) is 1.93. The molecule has 1 unspecified atom stereocenters. The van der Waals surface area contributed by atoms with Crippen LogP contribution in [0.25, 0.3) is 0 Å². The van der Waals surface area contributed by atoms with Crippen LogP contribution in [0.5, 0.6) is 0 Å². The Balaban J connectivity index is 2.47. The molecular formula is C14H14O4. The quantitative estimate of drug-likeness (QED) is 0.604. The third-order valence-electron chi connectivity index (χ3n) is 2.89. The van der Waals surface area contributed by atoms with Gasteiger partial charge in [0.1, 0.15) is 0 Å². The Bertz CT molecular complexity index is 480. The van der Waals surface area contributed by atoms with Crippen LogP contribution in [0.15, 0.2) is 43.0 Å². The first-order valence-electron chi connectivity index (χ1n) is 5.70. The summed E-state index contributed by atoms with van der Waals surface area (Å²) in [6, 6.07) is 8.84. The first kappa shape index (κ1) is 12.4. The van der Waals surface area contributed by atoms with Crippen LogP contribution < -0.4 is 0 Å². The van der Waals surface area contributed by atoms with Gasteiger partial charge in [0.15, 0.2) is 6.10 Å². The zero-order valence-corrected chi connectivity index (χ0v) is 10.1. The molecule has 2 atom stereocenters. The van der Waals surface area contributed by atoms with Crippen molar-refractivity contribution in [2.24, 2.45) is 0 Å². The Hall–Kier alpha value is -2.10. The highest BCUT2D eigenvalue weighted by Crippen LogP contribution is 2.35. The Morgan fingerprint density at radius 2 is 2.00 bits per heavy atom. The van der Waals surface area contributed by atoms with Crippen LogP contribution in [0.3, 0.4) is 0 Å². The fraction of sp³-hybridized carbons (Fsp3) is 0.286. The average molecular weight is 246 g/mol. The van der Waals surface area contributed by atoms with Crippen LogP contribution in [-0.4, -0.2) is 18.0 Å². The minimum atomic E-state index is -1.40. The van der Waals surface area contributed by atoms with E-state index < -0.39 is 23.6 Å². The Labute approximate surface area is 105 Å². The first-order valence-corrected chi connectivity index (χ1v) is 5.70. The third kappa shape index (κ3) is 1.90. The molecule has 0 spiro atoms. The molecule has 1 aromatic rings. The SMILES string of the molecule is C=CC[C@@]1(c2ccccc2)OC(=O)C(C)OC1=O. The van der Waals surface area contributed by atoms with Crippen LogP contribution in [0.4, 0.5) is 0 Å². The molecular weight excluding hydrogens is 232 g/mol. The summed E-state index contributed by atoms with van der Waals surface area (Å²) >= 11 is 0. The van der Waals surface area contributed by atoms with Crippen molar-refractivity contribution in [1.82, 2.24) is 0 Å². The van der Waals surface area contributed by atoms with Crippen LogP contribution >= 0.6 is 0 Å². The molecule has 1 heterocycles. The molecule has 1 aliphatic heterocycles. The van der Waals surface area contributed by atoms with Gasteiger partial charge >= 0.3 is 11.9 Å². The van der Waals surface area contributed by atoms with Crippen LogP contribution in [0, 0.1) is 0 Å². The van der Waals surface area contributed by atoms with Gasteiger partial charge in [0, 0.05) is 12.0 Å². The van der Waals surface area contributed by atoms with Crippen molar-refractivity contribution in [1.29, 1.82) is 0 Å². The fourth-order valence-electron chi connectivity index (χ4n) is 1.93. The molecule has 0 aliphatic carbocycles. The molecule has 0 radical (unpaired) electrons. The number of hydrogen-bond donors (Lipinski definition) is 0. The lowest BCUT2D eigenvalue weighted by Gasteiger charge is -2.36. The predicted octanol–water partition coefficient (Wildman–Crippen LogP) is 1.95. The first-order chi connectivity index (χ1) is 8.60. The van der Waals surface area contributed by atoms with Crippen molar-refractivity contribution in [2.45, 2.75) is 25.0 Å². The van der Waals surface area contributed by atoms with E-state index in [1.807, 2.05) is 6.07 Å². The lowest BCUT2D eigenvalue weighted by atomic mass is 9.89. The maximum absolute atomic E-state index is 12.1. The summed E-state index contributed by atoms with van der Waals surface area (Å²) in [5.41, 5.74) is -0.803. The van der Waals surface area contributed by atoms with Crippen LogP contribution in [0.1, 0.15) is 18.9 Å². The van der Waals surface area contributed by atoms with Crippen molar-refractivity contribution >= 4 is 11.9 Å². The minimum absolute atomic E-state index is 0.189. The summed E-state index contributed by atoms with van der Waals surface area (Å²) < 4.78 is 10.4. The van der Waals surface area contributed by atoms with Crippen molar-refractivity contribution in [2.75, 3.05) is 0 Å². The average Bonchev–Trinajstić information content (AvgIpc) is 2.37. The number of esters is 2. The summed E-state index contributed by atoms with van der Waals surface area (Å²) in [6.07, 6.45) is 0.866. The molecule has 4 heteroatoms. The molecule has 0 amide bonds. The normalized spacial score (nSPS) is 27.3. The molecule has 1 saturated heterocycles. The van der Waals surface area contributed by atoms with Crippen molar-refractivity contribution in [3.8, 4) is 0 Å². The van der Waals surface area contributed by atoms with Gasteiger partial charge in [-0.25, -0.2) is 9.59 Å². The lowest BCUT2D eigenvalue weighted by Crippen LogP contribution is -2.50. The summed E-state index contributed by atoms with van der Waals surface area (Å²) in [5.74, 6) is -1.10. The van der Waals surface area contributed by atoms with Gasteiger partial charge in [-0.2, -0.15) is 0 Å². The maximum atomic E-state index is 12.1. The van der Waals surface area contributed by atoms with E-state index in [2.05, 4.69) is 6.58 Å². The van der Waals surface area contributed by atoms with Gasteiger partial charge in [0.2, 0.25) is 5.60 Å². The van der Waals surface area contributed by atoms with E-state index in [0.717, 1.165) is 0 Å². The molecule has 1 aromatic carbocycles. The molecule has 94 valence electrons.